The zero-order valence-electron chi connectivity index (χ0n) is 8.87. The van der Waals surface area contributed by atoms with E-state index in [-0.39, 0.29) is 11.4 Å². The Kier molecular flexibility index (Phi) is 3.48. The predicted molar refractivity (Wildman–Crippen MR) is 69.2 cm³/mol. The molecule has 0 amide bonds. The summed E-state index contributed by atoms with van der Waals surface area (Å²) in [6.07, 6.45) is 1.23. The van der Waals surface area contributed by atoms with Crippen LogP contribution in [0, 0.1) is 10.1 Å². The Morgan fingerprint density at radius 3 is 2.78 bits per heavy atom. The van der Waals surface area contributed by atoms with Crippen molar-refractivity contribution in [1.82, 2.24) is 4.57 Å². The number of carbonyl (C=O) groups is 1. The van der Waals surface area contributed by atoms with Crippen LogP contribution in [0.2, 0.25) is 0 Å². The lowest BCUT2D eigenvalue weighted by molar-refractivity contribution is -0.384. The van der Waals surface area contributed by atoms with Crippen LogP contribution < -0.4 is 0 Å². The largest absolute Gasteiger partial charge is 0.477 e. The number of aromatic carboxylic acids is 1. The van der Waals surface area contributed by atoms with E-state index in [1.54, 1.807) is 0 Å². The Hall–Kier alpha value is -1.67. The molecule has 1 N–H and O–H groups in total. The zero-order chi connectivity index (χ0) is 13.3. The quantitative estimate of drug-likeness (QED) is 0.689. The molecule has 0 saturated carbocycles. The summed E-state index contributed by atoms with van der Waals surface area (Å²) in [5, 5.41) is 21.5. The van der Waals surface area contributed by atoms with Gasteiger partial charge < -0.3 is 9.67 Å². The standard InChI is InChI=1S/C10H7BrN2O4S/c11-6-1-8(18-5-6)4-12-3-7(13(16)17)2-9(12)10(14)15/h1-3,5H,4H2,(H,14,15). The number of carboxylic acid groups (broad SMARTS) is 1. The Morgan fingerprint density at radius 2 is 2.28 bits per heavy atom. The van der Waals surface area contributed by atoms with Crippen molar-refractivity contribution in [2.45, 2.75) is 6.54 Å². The van der Waals surface area contributed by atoms with E-state index in [1.807, 2.05) is 11.4 Å². The third-order valence-electron chi connectivity index (χ3n) is 2.26. The Balaban J connectivity index is 2.36. The maximum Gasteiger partial charge on any atom is 0.352 e. The number of hydrogen-bond donors (Lipinski definition) is 1. The van der Waals surface area contributed by atoms with Crippen molar-refractivity contribution in [2.24, 2.45) is 0 Å². The fraction of sp³-hybridized carbons (Fsp3) is 0.100. The van der Waals surface area contributed by atoms with E-state index in [1.165, 1.54) is 22.1 Å². The van der Waals surface area contributed by atoms with Crippen LogP contribution in [-0.4, -0.2) is 20.6 Å². The lowest BCUT2D eigenvalue weighted by atomic mass is 10.4. The second-order valence-electron chi connectivity index (χ2n) is 3.50. The average molecular weight is 331 g/mol. The molecular formula is C10H7BrN2O4S. The number of hydrogen-bond acceptors (Lipinski definition) is 4. The number of aromatic nitrogens is 1. The molecule has 0 radical (unpaired) electrons. The maximum atomic E-state index is 11.0. The summed E-state index contributed by atoms with van der Waals surface area (Å²) < 4.78 is 2.26. The fourth-order valence-electron chi connectivity index (χ4n) is 1.51. The number of halogens is 1. The topological polar surface area (TPSA) is 85.4 Å². The normalized spacial score (nSPS) is 10.5. The summed E-state index contributed by atoms with van der Waals surface area (Å²) in [6.45, 7) is 0.297. The number of rotatable bonds is 4. The van der Waals surface area contributed by atoms with E-state index in [4.69, 9.17) is 5.11 Å². The summed E-state index contributed by atoms with van der Waals surface area (Å²) in [5.74, 6) is -1.18. The molecule has 2 aromatic heterocycles. The molecule has 8 heteroatoms. The van der Waals surface area contributed by atoms with Gasteiger partial charge in [-0.05, 0) is 22.0 Å². The molecule has 2 heterocycles. The predicted octanol–water partition coefficient (Wildman–Crippen LogP) is 2.97. The van der Waals surface area contributed by atoms with Gasteiger partial charge in [0.15, 0.2) is 0 Å². The molecule has 0 atom stereocenters. The van der Waals surface area contributed by atoms with E-state index in [0.717, 1.165) is 15.4 Å². The third-order valence-corrected chi connectivity index (χ3v) is 3.94. The molecule has 0 aliphatic rings. The lowest BCUT2D eigenvalue weighted by Gasteiger charge is -2.02. The maximum absolute atomic E-state index is 11.0. The van der Waals surface area contributed by atoms with Crippen LogP contribution in [0.3, 0.4) is 0 Å². The molecule has 94 valence electrons. The van der Waals surface area contributed by atoms with E-state index < -0.39 is 10.9 Å². The van der Waals surface area contributed by atoms with Crippen LogP contribution in [0.15, 0.2) is 28.2 Å². The van der Waals surface area contributed by atoms with Gasteiger partial charge in [0.1, 0.15) is 5.69 Å². The van der Waals surface area contributed by atoms with E-state index in [0.29, 0.717) is 6.54 Å². The van der Waals surface area contributed by atoms with Crippen molar-refractivity contribution in [2.75, 3.05) is 0 Å². The van der Waals surface area contributed by atoms with E-state index in [2.05, 4.69) is 15.9 Å². The number of carboxylic acids is 1. The molecule has 0 saturated heterocycles. The molecule has 6 nitrogen and oxygen atoms in total. The van der Waals surface area contributed by atoms with Gasteiger partial charge in [-0.1, -0.05) is 0 Å². The smallest absolute Gasteiger partial charge is 0.352 e. The monoisotopic (exact) mass is 330 g/mol. The highest BCUT2D eigenvalue weighted by atomic mass is 79.9. The van der Waals surface area contributed by atoms with Crippen molar-refractivity contribution in [3.05, 3.63) is 48.9 Å². The second-order valence-corrected chi connectivity index (χ2v) is 5.42. The minimum Gasteiger partial charge on any atom is -0.477 e. The molecule has 0 fully saturated rings. The zero-order valence-corrected chi connectivity index (χ0v) is 11.3. The average Bonchev–Trinajstić information content (AvgIpc) is 2.85. The minimum atomic E-state index is -1.18. The van der Waals surface area contributed by atoms with Crippen LogP contribution >= 0.6 is 27.3 Å². The van der Waals surface area contributed by atoms with Gasteiger partial charge in [0.25, 0.3) is 5.69 Å². The molecule has 2 rings (SSSR count). The first kappa shape index (κ1) is 12.8. The molecular weight excluding hydrogens is 324 g/mol. The van der Waals surface area contributed by atoms with Crippen LogP contribution in [0.4, 0.5) is 5.69 Å². The third kappa shape index (κ3) is 2.59. The summed E-state index contributed by atoms with van der Waals surface area (Å²) in [6, 6.07) is 2.91. The van der Waals surface area contributed by atoms with Crippen molar-refractivity contribution < 1.29 is 14.8 Å². The second kappa shape index (κ2) is 4.91. The Labute approximate surface area is 114 Å². The molecule has 0 spiro atoms. The van der Waals surface area contributed by atoms with Gasteiger partial charge >= 0.3 is 5.97 Å². The summed E-state index contributed by atoms with van der Waals surface area (Å²) >= 11 is 4.75. The van der Waals surface area contributed by atoms with Crippen molar-refractivity contribution in [3.63, 3.8) is 0 Å². The highest BCUT2D eigenvalue weighted by Gasteiger charge is 2.19. The van der Waals surface area contributed by atoms with Gasteiger partial charge in [-0.3, -0.25) is 10.1 Å². The van der Waals surface area contributed by atoms with Gasteiger partial charge in [0.2, 0.25) is 0 Å². The van der Waals surface area contributed by atoms with Crippen LogP contribution in [-0.2, 0) is 6.54 Å². The summed E-state index contributed by atoms with van der Waals surface area (Å²) in [5.41, 5.74) is -0.311. The molecule has 0 bridgehead atoms. The van der Waals surface area contributed by atoms with E-state index >= 15 is 0 Å². The highest BCUT2D eigenvalue weighted by Crippen LogP contribution is 2.23. The SMILES string of the molecule is O=C(O)c1cc([N+](=O)[O-])cn1Cc1cc(Br)cs1. The van der Waals surface area contributed by atoms with Crippen LogP contribution in [0.25, 0.3) is 0 Å². The molecule has 18 heavy (non-hydrogen) atoms. The molecule has 2 aromatic rings. The first-order chi connectivity index (χ1) is 8.47. The van der Waals surface area contributed by atoms with Crippen molar-refractivity contribution in [1.29, 1.82) is 0 Å². The van der Waals surface area contributed by atoms with Gasteiger partial charge in [0, 0.05) is 20.8 Å². The van der Waals surface area contributed by atoms with Crippen LogP contribution in [0.1, 0.15) is 15.4 Å². The minimum absolute atomic E-state index is 0.0915. The number of thiophene rings is 1. The number of nitrogens with zero attached hydrogens (tertiary/aromatic N) is 2. The summed E-state index contributed by atoms with van der Waals surface area (Å²) in [7, 11) is 0. The fourth-order valence-corrected chi connectivity index (χ4v) is 2.96. The highest BCUT2D eigenvalue weighted by molar-refractivity contribution is 9.10. The molecule has 0 aromatic carbocycles. The van der Waals surface area contributed by atoms with Gasteiger partial charge in [-0.25, -0.2) is 4.79 Å². The van der Waals surface area contributed by atoms with Crippen molar-refractivity contribution >= 4 is 38.9 Å². The summed E-state index contributed by atoms with van der Waals surface area (Å²) in [4.78, 5) is 22.0. The Bertz CT molecular complexity index is 619. The Morgan fingerprint density at radius 1 is 1.56 bits per heavy atom. The number of nitro groups is 1. The van der Waals surface area contributed by atoms with Crippen LogP contribution in [0.5, 0.6) is 0 Å². The van der Waals surface area contributed by atoms with Gasteiger partial charge in [-0.15, -0.1) is 11.3 Å². The van der Waals surface area contributed by atoms with Crippen molar-refractivity contribution in [3.8, 4) is 0 Å². The molecule has 0 unspecified atom stereocenters. The first-order valence-corrected chi connectivity index (χ1v) is 6.45. The van der Waals surface area contributed by atoms with Gasteiger partial charge in [0.05, 0.1) is 17.7 Å². The first-order valence-electron chi connectivity index (χ1n) is 4.78. The molecule has 0 aliphatic heterocycles. The lowest BCUT2D eigenvalue weighted by Crippen LogP contribution is -2.07. The van der Waals surface area contributed by atoms with E-state index in [9.17, 15) is 14.9 Å². The van der Waals surface area contributed by atoms with Gasteiger partial charge in [-0.2, -0.15) is 0 Å². The molecule has 0 aliphatic carbocycles.